The van der Waals surface area contributed by atoms with E-state index >= 15 is 0 Å². The van der Waals surface area contributed by atoms with Gasteiger partial charge in [-0.3, -0.25) is 4.79 Å². The molecule has 3 rings (SSSR count). The van der Waals surface area contributed by atoms with Gasteiger partial charge in [-0.1, -0.05) is 6.42 Å². The first-order valence-corrected chi connectivity index (χ1v) is 8.69. The van der Waals surface area contributed by atoms with Gasteiger partial charge in [0.05, 0.1) is 10.7 Å². The van der Waals surface area contributed by atoms with Gasteiger partial charge in [-0.2, -0.15) is 5.10 Å². The summed E-state index contributed by atoms with van der Waals surface area (Å²) in [6.45, 7) is 3.25. The predicted octanol–water partition coefficient (Wildman–Crippen LogP) is 1.98. The molecule has 1 saturated heterocycles. The molecule has 1 aliphatic carbocycles. The van der Waals surface area contributed by atoms with Crippen LogP contribution in [0.15, 0.2) is 15.5 Å². The van der Waals surface area contributed by atoms with E-state index in [1.165, 1.54) is 19.3 Å². The first kappa shape index (κ1) is 15.0. The maximum Gasteiger partial charge on any atom is 0.291 e. The first-order chi connectivity index (χ1) is 10.2. The number of piperidine rings is 1. The van der Waals surface area contributed by atoms with Gasteiger partial charge in [0.1, 0.15) is 5.69 Å². The molecule has 2 aliphatic rings. The molecule has 1 atom stereocenters. The topological polar surface area (TPSA) is 64.2 Å². The average molecular weight is 355 g/mol. The summed E-state index contributed by atoms with van der Waals surface area (Å²) >= 11 is 3.51. The molecule has 1 aromatic heterocycles. The van der Waals surface area contributed by atoms with Gasteiger partial charge in [0.2, 0.25) is 0 Å². The minimum absolute atomic E-state index is 0.0361. The maximum atomic E-state index is 12.8. The van der Waals surface area contributed by atoms with Crippen molar-refractivity contribution in [3.05, 3.63) is 21.0 Å². The number of hydrogen-bond donors (Lipinski definition) is 1. The van der Waals surface area contributed by atoms with Gasteiger partial charge < -0.3 is 10.6 Å². The zero-order valence-electron chi connectivity index (χ0n) is 12.3. The van der Waals surface area contributed by atoms with Crippen molar-refractivity contribution in [2.24, 2.45) is 17.6 Å². The van der Waals surface area contributed by atoms with Crippen LogP contribution in [0.25, 0.3) is 0 Å². The van der Waals surface area contributed by atoms with Gasteiger partial charge in [0.25, 0.3) is 5.56 Å². The summed E-state index contributed by atoms with van der Waals surface area (Å²) in [4.78, 5) is 14.9. The summed E-state index contributed by atoms with van der Waals surface area (Å²) in [5, 5.41) is 4.30. The van der Waals surface area contributed by atoms with Crippen LogP contribution < -0.4 is 16.2 Å². The quantitative estimate of drug-likeness (QED) is 0.897. The van der Waals surface area contributed by atoms with Gasteiger partial charge in [0.15, 0.2) is 0 Å². The zero-order valence-corrected chi connectivity index (χ0v) is 13.9. The molecular weight excluding hydrogens is 332 g/mol. The third kappa shape index (κ3) is 3.16. The van der Waals surface area contributed by atoms with E-state index in [0.717, 1.165) is 42.6 Å². The van der Waals surface area contributed by atoms with Crippen LogP contribution in [0.3, 0.4) is 0 Å². The Bertz CT molecular complexity index is 555. The van der Waals surface area contributed by atoms with Crippen LogP contribution in [0.5, 0.6) is 0 Å². The fraction of sp³-hybridized carbons (Fsp3) is 0.733. The van der Waals surface area contributed by atoms with Crippen LogP contribution in [-0.2, 0) is 6.54 Å². The van der Waals surface area contributed by atoms with E-state index in [1.807, 2.05) is 0 Å². The van der Waals surface area contributed by atoms with Crippen molar-refractivity contribution in [3.8, 4) is 0 Å². The molecule has 2 heterocycles. The molecule has 1 unspecified atom stereocenters. The lowest BCUT2D eigenvalue weighted by molar-refractivity contribution is 0.261. The van der Waals surface area contributed by atoms with Crippen molar-refractivity contribution in [2.45, 2.75) is 38.6 Å². The fourth-order valence-corrected chi connectivity index (χ4v) is 3.77. The van der Waals surface area contributed by atoms with Crippen molar-refractivity contribution in [2.75, 3.05) is 24.5 Å². The van der Waals surface area contributed by atoms with Gasteiger partial charge >= 0.3 is 0 Å². The Balaban J connectivity index is 1.85. The molecule has 1 aromatic rings. The number of halogens is 1. The SMILES string of the molecule is NCC1CCCN(c2c(Br)cnn(CC3CCC3)c2=O)C1. The number of hydrogen-bond acceptors (Lipinski definition) is 4. The monoisotopic (exact) mass is 354 g/mol. The Kier molecular flexibility index (Phi) is 4.64. The number of nitrogens with two attached hydrogens (primary N) is 1. The molecule has 0 amide bonds. The number of aromatic nitrogens is 2. The van der Waals surface area contributed by atoms with E-state index in [0.29, 0.717) is 18.4 Å². The van der Waals surface area contributed by atoms with E-state index in [2.05, 4.69) is 25.9 Å². The molecule has 2 N–H and O–H groups in total. The summed E-state index contributed by atoms with van der Waals surface area (Å²) < 4.78 is 2.45. The maximum absolute atomic E-state index is 12.8. The molecule has 2 fully saturated rings. The Hall–Kier alpha value is -0.880. The minimum Gasteiger partial charge on any atom is -0.366 e. The highest BCUT2D eigenvalue weighted by molar-refractivity contribution is 9.10. The van der Waals surface area contributed by atoms with E-state index in [1.54, 1.807) is 10.9 Å². The summed E-state index contributed by atoms with van der Waals surface area (Å²) in [5.74, 6) is 1.11. The van der Waals surface area contributed by atoms with E-state index < -0.39 is 0 Å². The van der Waals surface area contributed by atoms with E-state index in [4.69, 9.17) is 5.73 Å². The Morgan fingerprint density at radius 1 is 1.29 bits per heavy atom. The lowest BCUT2D eigenvalue weighted by Gasteiger charge is -2.34. The predicted molar refractivity (Wildman–Crippen MR) is 87.5 cm³/mol. The molecule has 21 heavy (non-hydrogen) atoms. The first-order valence-electron chi connectivity index (χ1n) is 7.89. The van der Waals surface area contributed by atoms with Crippen LogP contribution in [0.1, 0.15) is 32.1 Å². The number of nitrogens with zero attached hydrogens (tertiary/aromatic N) is 3. The molecule has 5 nitrogen and oxygen atoms in total. The van der Waals surface area contributed by atoms with Crippen molar-refractivity contribution >= 4 is 21.6 Å². The third-order valence-electron chi connectivity index (χ3n) is 4.80. The Labute approximate surface area is 133 Å². The lowest BCUT2D eigenvalue weighted by Crippen LogP contribution is -2.42. The van der Waals surface area contributed by atoms with Crippen LogP contribution in [0.2, 0.25) is 0 Å². The largest absolute Gasteiger partial charge is 0.366 e. The third-order valence-corrected chi connectivity index (χ3v) is 5.38. The van der Waals surface area contributed by atoms with Gasteiger partial charge in [-0.25, -0.2) is 4.68 Å². The number of anilines is 1. The van der Waals surface area contributed by atoms with Crippen LogP contribution in [0, 0.1) is 11.8 Å². The second kappa shape index (κ2) is 6.48. The summed E-state index contributed by atoms with van der Waals surface area (Å²) in [6, 6.07) is 0. The van der Waals surface area contributed by atoms with Crippen molar-refractivity contribution in [1.29, 1.82) is 0 Å². The van der Waals surface area contributed by atoms with E-state index in [9.17, 15) is 4.79 Å². The van der Waals surface area contributed by atoms with Crippen molar-refractivity contribution in [3.63, 3.8) is 0 Å². The molecule has 116 valence electrons. The number of rotatable bonds is 4. The van der Waals surface area contributed by atoms with Gasteiger partial charge in [-0.05, 0) is 60.0 Å². The fourth-order valence-electron chi connectivity index (χ4n) is 3.26. The summed E-state index contributed by atoms with van der Waals surface area (Å²) in [6.07, 6.45) is 7.75. The van der Waals surface area contributed by atoms with Crippen LogP contribution in [0.4, 0.5) is 5.69 Å². The highest BCUT2D eigenvalue weighted by atomic mass is 79.9. The van der Waals surface area contributed by atoms with Crippen molar-refractivity contribution < 1.29 is 0 Å². The minimum atomic E-state index is 0.0361. The zero-order chi connectivity index (χ0) is 14.8. The molecule has 0 aromatic carbocycles. The lowest BCUT2D eigenvalue weighted by atomic mass is 9.85. The van der Waals surface area contributed by atoms with Gasteiger partial charge in [-0.15, -0.1) is 0 Å². The molecule has 1 saturated carbocycles. The van der Waals surface area contributed by atoms with Crippen LogP contribution >= 0.6 is 15.9 Å². The van der Waals surface area contributed by atoms with Crippen molar-refractivity contribution in [1.82, 2.24) is 9.78 Å². The Morgan fingerprint density at radius 2 is 2.05 bits per heavy atom. The second-order valence-electron chi connectivity index (χ2n) is 6.32. The standard InChI is InChI=1S/C15H23BrN4O/c16-13-8-18-20(10-11-3-1-4-11)15(21)14(13)19-6-2-5-12(7-17)9-19/h8,11-12H,1-7,9-10,17H2. The normalized spacial score (nSPS) is 23.1. The molecule has 1 aliphatic heterocycles. The molecule has 6 heteroatoms. The molecular formula is C15H23BrN4O. The molecule has 0 radical (unpaired) electrons. The highest BCUT2D eigenvalue weighted by Gasteiger charge is 2.25. The van der Waals surface area contributed by atoms with E-state index in [-0.39, 0.29) is 5.56 Å². The summed E-state index contributed by atoms with van der Waals surface area (Å²) in [5.41, 5.74) is 6.61. The second-order valence-corrected chi connectivity index (χ2v) is 7.17. The van der Waals surface area contributed by atoms with Crippen LogP contribution in [-0.4, -0.2) is 29.4 Å². The smallest absolute Gasteiger partial charge is 0.291 e. The van der Waals surface area contributed by atoms with Gasteiger partial charge in [0, 0.05) is 19.6 Å². The average Bonchev–Trinajstić information content (AvgIpc) is 2.45. The Morgan fingerprint density at radius 3 is 2.71 bits per heavy atom. The summed E-state index contributed by atoms with van der Waals surface area (Å²) in [7, 11) is 0. The highest BCUT2D eigenvalue weighted by Crippen LogP contribution is 2.29. The molecule has 0 spiro atoms. The molecule has 0 bridgehead atoms.